The molecule has 1 N–H and O–H groups in total. The molecule has 0 atom stereocenters. The van der Waals surface area contributed by atoms with Gasteiger partial charge in [-0.2, -0.15) is 10.2 Å². The van der Waals surface area contributed by atoms with Gasteiger partial charge in [-0.15, -0.1) is 11.6 Å². The molecule has 6 nitrogen and oxygen atoms in total. The number of nitrogens with zero attached hydrogens (tertiary/aromatic N) is 4. The summed E-state index contributed by atoms with van der Waals surface area (Å²) in [4.78, 5) is 19.7. The van der Waals surface area contributed by atoms with E-state index < -0.39 is 0 Å². The van der Waals surface area contributed by atoms with Crippen LogP contribution in [0.4, 0.5) is 5.82 Å². The summed E-state index contributed by atoms with van der Waals surface area (Å²) in [5.41, 5.74) is 2.79. The fourth-order valence-corrected chi connectivity index (χ4v) is 1.68. The van der Waals surface area contributed by atoms with E-state index in [0.717, 1.165) is 0 Å². The summed E-state index contributed by atoms with van der Waals surface area (Å²) in [5, 5.41) is 10.5. The summed E-state index contributed by atoms with van der Waals surface area (Å²) in [6, 6.07) is 3.54. The van der Waals surface area contributed by atoms with Gasteiger partial charge in [0.05, 0.1) is 0 Å². The molecule has 20 heavy (non-hydrogen) atoms. The highest BCUT2D eigenvalue weighted by Crippen LogP contribution is 2.10. The number of hydrogen-bond acceptors (Lipinski definition) is 5. The predicted octanol–water partition coefficient (Wildman–Crippen LogP) is 1.86. The largest absolute Gasteiger partial charge is 0.273 e. The Morgan fingerprint density at radius 2 is 2.35 bits per heavy atom. The van der Waals surface area contributed by atoms with Crippen LogP contribution in [0.25, 0.3) is 0 Å². The molecular formula is C13H18ClN5O. The van der Waals surface area contributed by atoms with Gasteiger partial charge in [-0.3, -0.25) is 15.2 Å². The predicted molar refractivity (Wildman–Crippen MR) is 77.0 cm³/mol. The van der Waals surface area contributed by atoms with Crippen molar-refractivity contribution in [2.24, 2.45) is 5.92 Å². The van der Waals surface area contributed by atoms with Crippen molar-refractivity contribution in [2.45, 2.75) is 26.7 Å². The van der Waals surface area contributed by atoms with Crippen LogP contribution in [0, 0.1) is 17.2 Å². The van der Waals surface area contributed by atoms with Crippen molar-refractivity contribution >= 4 is 23.3 Å². The highest BCUT2D eigenvalue weighted by molar-refractivity contribution is 6.17. The third-order valence-corrected chi connectivity index (χ3v) is 2.63. The van der Waals surface area contributed by atoms with Crippen LogP contribution in [0.15, 0.2) is 12.3 Å². The molecule has 108 valence electrons. The second kappa shape index (κ2) is 8.33. The lowest BCUT2D eigenvalue weighted by Crippen LogP contribution is -2.45. The second-order valence-corrected chi connectivity index (χ2v) is 5.06. The molecule has 0 aromatic carbocycles. The number of hydrogen-bond donors (Lipinski definition) is 1. The molecule has 1 rings (SSSR count). The number of hydrazine groups is 1. The van der Waals surface area contributed by atoms with E-state index >= 15 is 0 Å². The van der Waals surface area contributed by atoms with Crippen LogP contribution in [0.5, 0.6) is 0 Å². The van der Waals surface area contributed by atoms with Gasteiger partial charge in [0.15, 0.2) is 5.82 Å². The number of alkyl halides is 1. The molecule has 0 radical (unpaired) electrons. The summed E-state index contributed by atoms with van der Waals surface area (Å²) < 4.78 is 0. The van der Waals surface area contributed by atoms with Crippen LogP contribution < -0.4 is 10.4 Å². The molecule has 0 aliphatic carbocycles. The van der Waals surface area contributed by atoms with E-state index in [1.54, 1.807) is 11.1 Å². The first-order chi connectivity index (χ1) is 9.56. The Kier molecular flexibility index (Phi) is 6.74. The summed E-state index contributed by atoms with van der Waals surface area (Å²) in [5.74, 6) is 1.23. The van der Waals surface area contributed by atoms with Gasteiger partial charge >= 0.3 is 0 Å². The molecule has 0 unspecified atom stereocenters. The molecule has 0 saturated carbocycles. The molecule has 0 saturated heterocycles. The van der Waals surface area contributed by atoms with Gasteiger partial charge < -0.3 is 0 Å². The van der Waals surface area contributed by atoms with Crippen LogP contribution in [0.2, 0.25) is 0 Å². The molecule has 0 fully saturated rings. The average molecular weight is 296 g/mol. The lowest BCUT2D eigenvalue weighted by molar-refractivity contribution is -0.121. The van der Waals surface area contributed by atoms with Crippen LogP contribution in [-0.2, 0) is 4.79 Å². The van der Waals surface area contributed by atoms with Crippen molar-refractivity contribution in [3.63, 3.8) is 0 Å². The highest BCUT2D eigenvalue weighted by Gasteiger charge is 2.14. The number of halogens is 1. The Balaban J connectivity index is 2.82. The van der Waals surface area contributed by atoms with Crippen molar-refractivity contribution < 1.29 is 4.79 Å². The van der Waals surface area contributed by atoms with Gasteiger partial charge in [0, 0.05) is 31.1 Å². The molecule has 7 heteroatoms. The lowest BCUT2D eigenvalue weighted by atomic mass is 10.2. The van der Waals surface area contributed by atoms with E-state index in [4.69, 9.17) is 16.9 Å². The molecule has 1 heterocycles. The molecule has 0 spiro atoms. The molecule has 0 aliphatic heterocycles. The standard InChI is InChI=1S/C13H18ClN5O/c1-10(2)9-19(18-13(20)4-3-6-14)12-5-7-16-11(8-15)17-12/h5,7,10H,3-4,6,9H2,1-2H3,(H,18,20). The first kappa shape index (κ1) is 16.2. The number of carbonyl (C=O) groups is 1. The molecular weight excluding hydrogens is 278 g/mol. The van der Waals surface area contributed by atoms with Gasteiger partial charge in [0.1, 0.15) is 6.07 Å². The van der Waals surface area contributed by atoms with Crippen molar-refractivity contribution in [1.29, 1.82) is 5.26 Å². The lowest BCUT2D eigenvalue weighted by Gasteiger charge is -2.25. The van der Waals surface area contributed by atoms with Crippen molar-refractivity contribution in [3.8, 4) is 6.07 Å². The number of anilines is 1. The maximum Gasteiger partial charge on any atom is 0.238 e. The highest BCUT2D eigenvalue weighted by atomic mass is 35.5. The SMILES string of the molecule is CC(C)CN(NC(=O)CCCCl)c1ccnc(C#N)n1. The second-order valence-electron chi connectivity index (χ2n) is 4.68. The van der Waals surface area contributed by atoms with Gasteiger partial charge in [-0.1, -0.05) is 13.8 Å². The maximum absolute atomic E-state index is 11.8. The summed E-state index contributed by atoms with van der Waals surface area (Å²) in [7, 11) is 0. The molecule has 0 bridgehead atoms. The molecule has 1 aromatic rings. The Morgan fingerprint density at radius 3 is 2.95 bits per heavy atom. The van der Waals surface area contributed by atoms with Gasteiger partial charge in [0.25, 0.3) is 0 Å². The van der Waals surface area contributed by atoms with Crippen LogP contribution >= 0.6 is 11.6 Å². The van der Waals surface area contributed by atoms with Gasteiger partial charge in [0.2, 0.25) is 11.7 Å². The Morgan fingerprint density at radius 1 is 1.60 bits per heavy atom. The Hall–Kier alpha value is -1.87. The fourth-order valence-electron chi connectivity index (χ4n) is 1.55. The van der Waals surface area contributed by atoms with E-state index in [-0.39, 0.29) is 11.7 Å². The third kappa shape index (κ3) is 5.41. The van der Waals surface area contributed by atoms with Gasteiger partial charge in [-0.05, 0) is 12.3 Å². The first-order valence-corrected chi connectivity index (χ1v) is 6.96. The van der Waals surface area contributed by atoms with Crippen LogP contribution in [0.1, 0.15) is 32.5 Å². The van der Waals surface area contributed by atoms with E-state index in [1.165, 1.54) is 6.20 Å². The van der Waals surface area contributed by atoms with Crippen molar-refractivity contribution in [2.75, 3.05) is 17.4 Å². The number of nitrogens with one attached hydrogen (secondary N) is 1. The Bertz CT molecular complexity index is 486. The monoisotopic (exact) mass is 295 g/mol. The minimum atomic E-state index is -0.122. The normalized spacial score (nSPS) is 10.2. The number of amides is 1. The minimum absolute atomic E-state index is 0.0752. The zero-order valence-corrected chi connectivity index (χ0v) is 12.4. The van der Waals surface area contributed by atoms with E-state index in [9.17, 15) is 4.79 Å². The van der Waals surface area contributed by atoms with E-state index in [2.05, 4.69) is 15.4 Å². The topological polar surface area (TPSA) is 81.9 Å². The zero-order valence-electron chi connectivity index (χ0n) is 11.6. The number of rotatable bonds is 7. The number of aromatic nitrogens is 2. The summed E-state index contributed by atoms with van der Waals surface area (Å²) >= 11 is 5.57. The van der Waals surface area contributed by atoms with Crippen LogP contribution in [-0.4, -0.2) is 28.3 Å². The number of carbonyl (C=O) groups excluding carboxylic acids is 1. The molecule has 1 aromatic heterocycles. The zero-order chi connectivity index (χ0) is 15.0. The van der Waals surface area contributed by atoms with E-state index in [0.29, 0.717) is 37.0 Å². The number of nitriles is 1. The maximum atomic E-state index is 11.8. The smallest absolute Gasteiger partial charge is 0.238 e. The minimum Gasteiger partial charge on any atom is -0.273 e. The summed E-state index contributed by atoms with van der Waals surface area (Å²) in [6.45, 7) is 4.66. The van der Waals surface area contributed by atoms with Gasteiger partial charge in [-0.25, -0.2) is 4.98 Å². The van der Waals surface area contributed by atoms with Crippen molar-refractivity contribution in [1.82, 2.24) is 15.4 Å². The van der Waals surface area contributed by atoms with Crippen molar-refractivity contribution in [3.05, 3.63) is 18.1 Å². The molecule has 1 amide bonds. The first-order valence-electron chi connectivity index (χ1n) is 6.43. The molecule has 0 aliphatic rings. The third-order valence-electron chi connectivity index (χ3n) is 2.36. The fraction of sp³-hybridized carbons (Fsp3) is 0.538. The van der Waals surface area contributed by atoms with E-state index in [1.807, 2.05) is 19.9 Å². The average Bonchev–Trinajstić information content (AvgIpc) is 2.44. The Labute approximate surface area is 123 Å². The quantitative estimate of drug-likeness (QED) is 0.613. The van der Waals surface area contributed by atoms with Crippen LogP contribution in [0.3, 0.4) is 0 Å². The summed E-state index contributed by atoms with van der Waals surface area (Å²) in [6.07, 6.45) is 2.48.